The van der Waals surface area contributed by atoms with Gasteiger partial charge in [0.2, 0.25) is 6.29 Å². The number of anilines is 1. The van der Waals surface area contributed by atoms with E-state index in [1.165, 1.54) is 7.11 Å². The molecule has 0 bridgehead atoms. The first-order valence-electron chi connectivity index (χ1n) is 10.5. The molecule has 1 aromatic rings. The first-order chi connectivity index (χ1) is 16.5. The van der Waals surface area contributed by atoms with Gasteiger partial charge in [-0.1, -0.05) is 6.07 Å². The monoisotopic (exact) mass is 496 g/mol. The average molecular weight is 496 g/mol. The Kier molecular flexibility index (Phi) is 9.82. The van der Waals surface area contributed by atoms with Crippen LogP contribution in [0.25, 0.3) is 0 Å². The first kappa shape index (κ1) is 27.4. The van der Waals surface area contributed by atoms with Crippen LogP contribution in [0, 0.1) is 0 Å². The summed E-state index contributed by atoms with van der Waals surface area (Å²) in [6.07, 6.45) is -5.35. The maximum atomic E-state index is 12.8. The lowest BCUT2D eigenvalue weighted by Crippen LogP contribution is -2.67. The molecule has 5 atom stereocenters. The summed E-state index contributed by atoms with van der Waals surface area (Å²) in [5.74, 6) is -2.46. The summed E-state index contributed by atoms with van der Waals surface area (Å²) in [6, 6.07) is 4.40. The predicted molar refractivity (Wildman–Crippen MR) is 117 cm³/mol. The van der Waals surface area contributed by atoms with Gasteiger partial charge in [-0.2, -0.15) is 0 Å². The Morgan fingerprint density at radius 2 is 1.51 bits per heavy atom. The van der Waals surface area contributed by atoms with Crippen LogP contribution in [0.15, 0.2) is 24.3 Å². The van der Waals surface area contributed by atoms with E-state index in [1.807, 2.05) is 0 Å². The minimum atomic E-state index is -1.49. The highest BCUT2D eigenvalue weighted by atomic mass is 16.7. The number of amides is 2. The molecule has 0 spiro atoms. The van der Waals surface area contributed by atoms with Gasteiger partial charge in [0.1, 0.15) is 24.5 Å². The second-order valence-corrected chi connectivity index (χ2v) is 7.46. The molecule has 0 saturated carbocycles. The summed E-state index contributed by atoms with van der Waals surface area (Å²) in [6.45, 7) is 4.08. The van der Waals surface area contributed by atoms with Crippen molar-refractivity contribution >= 4 is 35.6 Å². The summed E-state index contributed by atoms with van der Waals surface area (Å²) < 4.78 is 31.7. The van der Waals surface area contributed by atoms with Crippen LogP contribution in [0.4, 0.5) is 10.5 Å². The molecular formula is C22H28N2O11. The van der Waals surface area contributed by atoms with E-state index in [-0.39, 0.29) is 0 Å². The van der Waals surface area contributed by atoms with Crippen LogP contribution < -0.4 is 15.4 Å². The van der Waals surface area contributed by atoms with Gasteiger partial charge in [0, 0.05) is 39.4 Å². The second kappa shape index (κ2) is 12.6. The minimum absolute atomic E-state index is 0.371. The molecule has 1 heterocycles. The van der Waals surface area contributed by atoms with E-state index >= 15 is 0 Å². The topological polar surface area (TPSA) is 165 Å². The van der Waals surface area contributed by atoms with E-state index in [1.54, 1.807) is 24.3 Å². The molecule has 1 saturated heterocycles. The number of esters is 4. The van der Waals surface area contributed by atoms with E-state index in [0.717, 1.165) is 27.7 Å². The highest BCUT2D eigenvalue weighted by molar-refractivity contribution is 5.89. The molecule has 2 amide bonds. The zero-order valence-electron chi connectivity index (χ0n) is 19.9. The van der Waals surface area contributed by atoms with Crippen molar-refractivity contribution in [3.63, 3.8) is 0 Å². The lowest BCUT2D eigenvalue weighted by molar-refractivity contribution is -0.270. The van der Waals surface area contributed by atoms with Crippen molar-refractivity contribution in [2.75, 3.05) is 19.0 Å². The molecule has 1 aliphatic rings. The van der Waals surface area contributed by atoms with Gasteiger partial charge in [0.15, 0.2) is 12.2 Å². The molecule has 35 heavy (non-hydrogen) atoms. The third-order valence-electron chi connectivity index (χ3n) is 4.61. The number of carbonyl (C=O) groups excluding carboxylic acids is 5. The molecule has 1 aliphatic heterocycles. The van der Waals surface area contributed by atoms with Crippen LogP contribution in [0.1, 0.15) is 27.7 Å². The fraction of sp³-hybridized carbons (Fsp3) is 0.500. The lowest BCUT2D eigenvalue weighted by atomic mass is 9.96. The van der Waals surface area contributed by atoms with Gasteiger partial charge >= 0.3 is 29.9 Å². The first-order valence-corrected chi connectivity index (χ1v) is 10.5. The number of rotatable bonds is 8. The zero-order valence-corrected chi connectivity index (χ0v) is 19.9. The zero-order chi connectivity index (χ0) is 26.1. The van der Waals surface area contributed by atoms with Crippen LogP contribution in [-0.2, 0) is 42.9 Å². The van der Waals surface area contributed by atoms with Crippen LogP contribution in [0.3, 0.4) is 0 Å². The van der Waals surface area contributed by atoms with E-state index in [9.17, 15) is 24.0 Å². The molecule has 13 nitrogen and oxygen atoms in total. The number of carbonyl (C=O) groups is 5. The molecule has 0 aromatic heterocycles. The van der Waals surface area contributed by atoms with Crippen molar-refractivity contribution in [3.8, 4) is 5.75 Å². The van der Waals surface area contributed by atoms with E-state index in [4.69, 9.17) is 28.4 Å². The number of ether oxygens (including phenoxy) is 6. The Bertz CT molecular complexity index is 951. The van der Waals surface area contributed by atoms with Crippen LogP contribution >= 0.6 is 0 Å². The standard InChI is InChI=1S/C22H28N2O11/c1-11(25)31-10-17-19(32-12(2)26)20(33-13(3)27)18(21(35-17)34-14(4)28)24-22(29)23-15-7-6-8-16(9-15)30-5/h6-9,17-21H,10H2,1-5H3,(H2,23,24,29)/t17-,18-,19-,20+,21+/m0/s1. The van der Waals surface area contributed by atoms with Gasteiger partial charge in [-0.3, -0.25) is 19.2 Å². The molecule has 13 heteroatoms. The minimum Gasteiger partial charge on any atom is -0.497 e. The molecule has 0 unspecified atom stereocenters. The maximum absolute atomic E-state index is 12.8. The number of hydrogen-bond donors (Lipinski definition) is 2. The summed E-state index contributed by atoms with van der Waals surface area (Å²) in [5, 5.41) is 5.11. The van der Waals surface area contributed by atoms with Gasteiger partial charge in [-0.05, 0) is 12.1 Å². The normalized spacial score (nSPS) is 23.3. The quantitative estimate of drug-likeness (QED) is 0.388. The maximum Gasteiger partial charge on any atom is 0.319 e. The Labute approximate surface area is 201 Å². The summed E-state index contributed by atoms with van der Waals surface area (Å²) >= 11 is 0. The largest absolute Gasteiger partial charge is 0.497 e. The van der Waals surface area contributed by atoms with Gasteiger partial charge in [0.05, 0.1) is 7.11 Å². The Morgan fingerprint density at radius 3 is 2.09 bits per heavy atom. The van der Waals surface area contributed by atoms with Gasteiger partial charge < -0.3 is 39.1 Å². The molecule has 192 valence electrons. The smallest absolute Gasteiger partial charge is 0.319 e. The van der Waals surface area contributed by atoms with Crippen LogP contribution in [0.2, 0.25) is 0 Å². The van der Waals surface area contributed by atoms with Crippen molar-refractivity contribution in [2.24, 2.45) is 0 Å². The summed E-state index contributed by atoms with van der Waals surface area (Å²) in [7, 11) is 1.47. The average Bonchev–Trinajstić information content (AvgIpc) is 2.75. The number of benzene rings is 1. The Hall–Kier alpha value is -3.87. The fourth-order valence-electron chi connectivity index (χ4n) is 3.34. The predicted octanol–water partition coefficient (Wildman–Crippen LogP) is 0.900. The van der Waals surface area contributed by atoms with Crippen molar-refractivity contribution in [1.82, 2.24) is 5.32 Å². The van der Waals surface area contributed by atoms with Crippen LogP contribution in [0.5, 0.6) is 5.75 Å². The van der Waals surface area contributed by atoms with E-state index in [0.29, 0.717) is 11.4 Å². The number of hydrogen-bond acceptors (Lipinski definition) is 11. The van der Waals surface area contributed by atoms with Crippen molar-refractivity contribution in [3.05, 3.63) is 24.3 Å². The molecule has 2 N–H and O–H groups in total. The van der Waals surface area contributed by atoms with Crippen molar-refractivity contribution in [2.45, 2.75) is 58.3 Å². The van der Waals surface area contributed by atoms with E-state index < -0.39 is 67.2 Å². The number of nitrogens with one attached hydrogen (secondary N) is 2. The Balaban J connectivity index is 2.37. The SMILES string of the molecule is COc1cccc(NC(=O)N[C@@H]2[C@H](OC(C)=O)O[C@@H](COC(C)=O)[C@H](OC(C)=O)[C@@H]2OC(C)=O)c1. The summed E-state index contributed by atoms with van der Waals surface area (Å²) in [5.41, 5.74) is 0.371. The third kappa shape index (κ3) is 8.45. The second-order valence-electron chi connectivity index (χ2n) is 7.46. The van der Waals surface area contributed by atoms with Gasteiger partial charge in [-0.15, -0.1) is 0 Å². The van der Waals surface area contributed by atoms with E-state index in [2.05, 4.69) is 10.6 Å². The lowest BCUT2D eigenvalue weighted by Gasteiger charge is -2.44. The molecule has 2 rings (SSSR count). The number of urea groups is 1. The number of methoxy groups -OCH3 is 1. The highest BCUT2D eigenvalue weighted by Crippen LogP contribution is 2.28. The molecule has 0 radical (unpaired) electrons. The molecule has 1 aromatic carbocycles. The van der Waals surface area contributed by atoms with Crippen LogP contribution in [-0.4, -0.2) is 74.3 Å². The van der Waals surface area contributed by atoms with Gasteiger partial charge in [-0.25, -0.2) is 4.79 Å². The molecule has 1 fully saturated rings. The van der Waals surface area contributed by atoms with Gasteiger partial charge in [0.25, 0.3) is 0 Å². The Morgan fingerprint density at radius 1 is 0.886 bits per heavy atom. The molecular weight excluding hydrogens is 468 g/mol. The van der Waals surface area contributed by atoms with Crippen molar-refractivity contribution in [1.29, 1.82) is 0 Å². The highest BCUT2D eigenvalue weighted by Gasteiger charge is 2.52. The molecule has 0 aliphatic carbocycles. The fourth-order valence-corrected chi connectivity index (χ4v) is 3.34. The summed E-state index contributed by atoms with van der Waals surface area (Å²) in [4.78, 5) is 59.6. The third-order valence-corrected chi connectivity index (χ3v) is 4.61. The van der Waals surface area contributed by atoms with Crippen molar-refractivity contribution < 1.29 is 52.4 Å².